The highest BCUT2D eigenvalue weighted by Gasteiger charge is 2.27. The second kappa shape index (κ2) is 5.97. The molecule has 0 spiro atoms. The average Bonchev–Trinajstić information content (AvgIpc) is 2.36. The lowest BCUT2D eigenvalue weighted by atomic mass is 9.85. The van der Waals surface area contributed by atoms with Crippen LogP contribution < -0.4 is 0 Å². The molecular weight excluding hydrogens is 244 g/mol. The normalized spacial score (nSPS) is 12.9. The molecule has 104 valence electrons. The van der Waals surface area contributed by atoms with Crippen molar-refractivity contribution in [2.24, 2.45) is 5.41 Å². The molecule has 0 heterocycles. The molecule has 0 saturated heterocycles. The number of aliphatic hydroxyl groups excluding tert-OH is 1. The molecule has 4 heteroatoms. The summed E-state index contributed by atoms with van der Waals surface area (Å²) in [6.45, 7) is 6.74. The van der Waals surface area contributed by atoms with E-state index in [-0.39, 0.29) is 18.0 Å². The number of rotatable bonds is 4. The Kier molecular flexibility index (Phi) is 4.84. The molecule has 0 radical (unpaired) electrons. The summed E-state index contributed by atoms with van der Waals surface area (Å²) >= 11 is 0. The van der Waals surface area contributed by atoms with Gasteiger partial charge in [0.15, 0.2) is 5.78 Å². The van der Waals surface area contributed by atoms with Crippen LogP contribution in [0.15, 0.2) is 24.3 Å². The Morgan fingerprint density at radius 1 is 1.21 bits per heavy atom. The second-order valence-corrected chi connectivity index (χ2v) is 5.52. The molecule has 0 amide bonds. The van der Waals surface area contributed by atoms with Gasteiger partial charge in [0.05, 0.1) is 12.2 Å². The maximum atomic E-state index is 12.3. The number of carbonyl (C=O) groups is 2. The van der Waals surface area contributed by atoms with Crippen LogP contribution in [0.5, 0.6) is 0 Å². The Hall–Kier alpha value is -1.68. The number of hydrogen-bond donors (Lipinski definition) is 1. The van der Waals surface area contributed by atoms with E-state index in [2.05, 4.69) is 0 Å². The summed E-state index contributed by atoms with van der Waals surface area (Å²) in [4.78, 5) is 24.3. The number of carbonyl (C=O) groups excluding carboxylic acids is 2. The molecule has 4 nitrogen and oxygen atoms in total. The zero-order valence-electron chi connectivity index (χ0n) is 11.8. The predicted molar refractivity (Wildman–Crippen MR) is 72.2 cm³/mol. The number of aliphatic hydroxyl groups is 1. The molecule has 0 bridgehead atoms. The summed E-state index contributed by atoms with van der Waals surface area (Å²) in [6, 6.07) is 6.57. The summed E-state index contributed by atoms with van der Waals surface area (Å²) in [7, 11) is 0. The lowest BCUT2D eigenvalue weighted by molar-refractivity contribution is 0.0194. The Balaban J connectivity index is 3.09. The highest BCUT2D eigenvalue weighted by molar-refractivity contribution is 6.08. The Morgan fingerprint density at radius 2 is 1.74 bits per heavy atom. The van der Waals surface area contributed by atoms with Crippen molar-refractivity contribution < 1.29 is 19.4 Å². The molecule has 0 aromatic heterocycles. The summed E-state index contributed by atoms with van der Waals surface area (Å²) in [5, 5.41) is 8.89. The minimum atomic E-state index is -0.592. The number of benzene rings is 1. The fourth-order valence-electron chi connectivity index (χ4n) is 1.55. The van der Waals surface area contributed by atoms with Gasteiger partial charge in [-0.05, 0) is 13.0 Å². The number of Topliss-reactive ketones (excluding diaryl/α,β-unsaturated/α-hetero) is 1. The van der Waals surface area contributed by atoms with Gasteiger partial charge in [0.25, 0.3) is 0 Å². The Labute approximate surface area is 113 Å². The average molecular weight is 264 g/mol. The topological polar surface area (TPSA) is 63.6 Å². The van der Waals surface area contributed by atoms with Crippen molar-refractivity contribution in [3.8, 4) is 0 Å². The number of hydrogen-bond acceptors (Lipinski definition) is 4. The van der Waals surface area contributed by atoms with Gasteiger partial charge in [0.1, 0.15) is 6.10 Å². The van der Waals surface area contributed by atoms with E-state index in [1.54, 1.807) is 52.0 Å². The van der Waals surface area contributed by atoms with Crippen LogP contribution in [0, 0.1) is 5.41 Å². The highest BCUT2D eigenvalue weighted by atomic mass is 16.5. The third-order valence-corrected chi connectivity index (χ3v) is 2.64. The molecule has 1 N–H and O–H groups in total. The first kappa shape index (κ1) is 15.4. The van der Waals surface area contributed by atoms with Crippen LogP contribution in [-0.4, -0.2) is 29.6 Å². The van der Waals surface area contributed by atoms with E-state index in [4.69, 9.17) is 9.84 Å². The molecule has 0 aliphatic heterocycles. The van der Waals surface area contributed by atoms with E-state index in [0.29, 0.717) is 5.56 Å². The summed E-state index contributed by atoms with van der Waals surface area (Å²) < 4.78 is 5.05. The van der Waals surface area contributed by atoms with Gasteiger partial charge in [0.2, 0.25) is 0 Å². The number of esters is 1. The lowest BCUT2D eigenvalue weighted by Crippen LogP contribution is -2.25. The van der Waals surface area contributed by atoms with E-state index < -0.39 is 17.5 Å². The first-order chi connectivity index (χ1) is 8.77. The molecule has 1 aromatic rings. The van der Waals surface area contributed by atoms with Crippen molar-refractivity contribution in [3.63, 3.8) is 0 Å². The molecular formula is C15H20O4. The van der Waals surface area contributed by atoms with Gasteiger partial charge < -0.3 is 9.84 Å². The summed E-state index contributed by atoms with van der Waals surface area (Å²) in [5.41, 5.74) is 0.0202. The maximum absolute atomic E-state index is 12.3. The van der Waals surface area contributed by atoms with E-state index in [9.17, 15) is 9.59 Å². The van der Waals surface area contributed by atoms with Gasteiger partial charge in [-0.3, -0.25) is 4.79 Å². The Morgan fingerprint density at radius 3 is 2.21 bits per heavy atom. The van der Waals surface area contributed by atoms with Gasteiger partial charge in [-0.25, -0.2) is 4.79 Å². The zero-order chi connectivity index (χ0) is 14.6. The van der Waals surface area contributed by atoms with Crippen molar-refractivity contribution in [3.05, 3.63) is 35.4 Å². The smallest absolute Gasteiger partial charge is 0.339 e. The van der Waals surface area contributed by atoms with Crippen molar-refractivity contribution in [1.29, 1.82) is 0 Å². The van der Waals surface area contributed by atoms with Crippen LogP contribution in [0.25, 0.3) is 0 Å². The molecule has 1 unspecified atom stereocenters. The first-order valence-electron chi connectivity index (χ1n) is 6.23. The highest BCUT2D eigenvalue weighted by Crippen LogP contribution is 2.23. The van der Waals surface area contributed by atoms with Crippen molar-refractivity contribution in [2.75, 3.05) is 6.61 Å². The number of ether oxygens (including phenoxy) is 1. The minimum absolute atomic E-state index is 0.114. The fraction of sp³-hybridized carbons (Fsp3) is 0.467. The van der Waals surface area contributed by atoms with Crippen LogP contribution in [0.3, 0.4) is 0 Å². The first-order valence-corrected chi connectivity index (χ1v) is 6.23. The van der Waals surface area contributed by atoms with Crippen molar-refractivity contribution in [1.82, 2.24) is 0 Å². The van der Waals surface area contributed by atoms with Crippen LogP contribution >= 0.6 is 0 Å². The fourth-order valence-corrected chi connectivity index (χ4v) is 1.55. The SMILES string of the molecule is CC(CO)OC(=O)c1ccccc1C(=O)C(C)(C)C. The molecule has 0 saturated carbocycles. The molecule has 1 atom stereocenters. The van der Waals surface area contributed by atoms with Crippen molar-refractivity contribution >= 4 is 11.8 Å². The largest absolute Gasteiger partial charge is 0.457 e. The predicted octanol–water partition coefficient (Wildman–Crippen LogP) is 2.45. The minimum Gasteiger partial charge on any atom is -0.457 e. The van der Waals surface area contributed by atoms with Gasteiger partial charge in [0, 0.05) is 11.0 Å². The maximum Gasteiger partial charge on any atom is 0.339 e. The quantitative estimate of drug-likeness (QED) is 0.670. The molecule has 0 fully saturated rings. The molecule has 0 aliphatic rings. The van der Waals surface area contributed by atoms with Gasteiger partial charge >= 0.3 is 5.97 Å². The van der Waals surface area contributed by atoms with Gasteiger partial charge in [-0.15, -0.1) is 0 Å². The lowest BCUT2D eigenvalue weighted by Gasteiger charge is -2.19. The van der Waals surface area contributed by atoms with Crippen LogP contribution in [-0.2, 0) is 4.74 Å². The van der Waals surface area contributed by atoms with Gasteiger partial charge in [-0.2, -0.15) is 0 Å². The molecule has 0 aliphatic carbocycles. The van der Waals surface area contributed by atoms with E-state index in [1.807, 2.05) is 0 Å². The van der Waals surface area contributed by atoms with Crippen LogP contribution in [0.1, 0.15) is 48.4 Å². The monoisotopic (exact) mass is 264 g/mol. The molecule has 1 aromatic carbocycles. The van der Waals surface area contributed by atoms with E-state index in [1.165, 1.54) is 0 Å². The van der Waals surface area contributed by atoms with E-state index >= 15 is 0 Å². The van der Waals surface area contributed by atoms with E-state index in [0.717, 1.165) is 0 Å². The number of ketones is 1. The van der Waals surface area contributed by atoms with Crippen LogP contribution in [0.2, 0.25) is 0 Å². The Bertz CT molecular complexity index is 471. The summed E-state index contributed by atoms with van der Waals surface area (Å²) in [6.07, 6.45) is -0.592. The standard InChI is InChI=1S/C15H20O4/c1-10(9-16)19-14(18)12-8-6-5-7-11(12)13(17)15(2,3)4/h5-8,10,16H,9H2,1-4H3. The third kappa shape index (κ3) is 3.89. The zero-order valence-corrected chi connectivity index (χ0v) is 11.8. The third-order valence-electron chi connectivity index (χ3n) is 2.64. The summed E-state index contributed by atoms with van der Waals surface area (Å²) in [5.74, 6) is -0.702. The molecule has 19 heavy (non-hydrogen) atoms. The van der Waals surface area contributed by atoms with Crippen molar-refractivity contribution in [2.45, 2.75) is 33.8 Å². The van der Waals surface area contributed by atoms with Crippen LogP contribution in [0.4, 0.5) is 0 Å². The van der Waals surface area contributed by atoms with Gasteiger partial charge in [-0.1, -0.05) is 39.0 Å². The second-order valence-electron chi connectivity index (χ2n) is 5.52. The molecule has 1 rings (SSSR count).